The van der Waals surface area contributed by atoms with Crippen LogP contribution in [0.3, 0.4) is 0 Å². The molecule has 6 N–H and O–H groups in total. The van der Waals surface area contributed by atoms with Gasteiger partial charge in [0, 0.05) is 50.4 Å². The predicted molar refractivity (Wildman–Crippen MR) is 160 cm³/mol. The van der Waals surface area contributed by atoms with E-state index in [1.165, 1.54) is 9.80 Å². The molecule has 1 aliphatic heterocycles. The molecule has 6 rings (SSSR count). The number of carbonyl (C=O) groups excluding carboxylic acids is 4. The van der Waals surface area contributed by atoms with E-state index < -0.39 is 58.0 Å². The highest BCUT2D eigenvalue weighted by atomic mass is 16.3. The predicted octanol–water partition coefficient (Wildman–Crippen LogP) is 0.231. The lowest BCUT2D eigenvalue weighted by Gasteiger charge is -2.50. The SMILES string of the molecule is CN(C)c1cc(N2CCN(C3CCC3)CC2=O)c(O)c2c1CC1CC3[C@H](N(C)C)C(=O)C(C(N)=O)=C(O)[C@@]3(O)C(=O)C1=C2O. The molecular formula is C31H39N5O8. The highest BCUT2D eigenvalue weighted by Gasteiger charge is 2.64. The Morgan fingerprint density at radius 2 is 1.75 bits per heavy atom. The Morgan fingerprint density at radius 1 is 1.07 bits per heavy atom. The summed E-state index contributed by atoms with van der Waals surface area (Å²) < 4.78 is 0. The third-order valence-corrected chi connectivity index (χ3v) is 10.3. The Kier molecular flexibility index (Phi) is 7.06. The van der Waals surface area contributed by atoms with Gasteiger partial charge in [-0.15, -0.1) is 0 Å². The van der Waals surface area contributed by atoms with Crippen molar-refractivity contribution >= 4 is 40.5 Å². The number of aliphatic hydroxyl groups excluding tert-OH is 2. The molecule has 236 valence electrons. The Morgan fingerprint density at radius 3 is 2.30 bits per heavy atom. The molecule has 3 fully saturated rings. The number of Topliss-reactive ketones (excluding diaryl/α,β-unsaturated/α-hetero) is 2. The molecule has 1 saturated heterocycles. The fourth-order valence-corrected chi connectivity index (χ4v) is 7.89. The maximum Gasteiger partial charge on any atom is 0.255 e. The monoisotopic (exact) mass is 609 g/mol. The molecule has 13 nitrogen and oxygen atoms in total. The number of nitrogens with two attached hydrogens (primary N) is 1. The standard InChI is InChI=1S/C31H39N5O8/c1-33(2)18-12-19(36-9-8-35(13-20(36)37)15-6-5-7-15)25(38)22-16(18)10-14-11-17-24(34(3)4)27(40)23(30(32)43)29(42)31(17,44)28(41)21(14)26(22)39/h12,14-15,17,24,38-39,42,44H,5-11,13H2,1-4H3,(H2,32,43)/t14?,17?,24-,31-/m0/s1. The molecule has 13 heteroatoms. The Hall–Kier alpha value is -3.94. The van der Waals surface area contributed by atoms with Gasteiger partial charge in [0.15, 0.2) is 17.1 Å². The minimum atomic E-state index is -2.71. The summed E-state index contributed by atoms with van der Waals surface area (Å²) in [7, 11) is 6.71. The van der Waals surface area contributed by atoms with Crippen LogP contribution < -0.4 is 15.5 Å². The minimum Gasteiger partial charge on any atom is -0.508 e. The third kappa shape index (κ3) is 4.09. The topological polar surface area (TPSA) is 188 Å². The number of amides is 2. The van der Waals surface area contributed by atoms with E-state index in [9.17, 15) is 39.6 Å². The molecule has 5 aliphatic rings. The van der Waals surface area contributed by atoms with Crippen LogP contribution in [0.5, 0.6) is 5.75 Å². The van der Waals surface area contributed by atoms with Crippen LogP contribution in [0.25, 0.3) is 5.76 Å². The third-order valence-electron chi connectivity index (χ3n) is 10.3. The van der Waals surface area contributed by atoms with Crippen LogP contribution in [-0.4, -0.2) is 119 Å². The number of hydrogen-bond acceptors (Lipinski definition) is 11. The summed E-state index contributed by atoms with van der Waals surface area (Å²) in [4.78, 5) is 60.0. The second-order valence-corrected chi connectivity index (χ2v) is 13.1. The van der Waals surface area contributed by atoms with Crippen LogP contribution in [0.4, 0.5) is 11.4 Å². The molecule has 2 saturated carbocycles. The van der Waals surface area contributed by atoms with Gasteiger partial charge in [0.25, 0.3) is 5.91 Å². The van der Waals surface area contributed by atoms with Gasteiger partial charge in [0.05, 0.1) is 23.8 Å². The number of rotatable bonds is 5. The fraction of sp³-hybridized carbons (Fsp3) is 0.548. The molecule has 0 radical (unpaired) electrons. The van der Waals surface area contributed by atoms with E-state index in [0.717, 1.165) is 19.3 Å². The molecule has 1 aromatic carbocycles. The lowest BCUT2D eigenvalue weighted by Crippen LogP contribution is -2.65. The smallest absolute Gasteiger partial charge is 0.255 e. The number of phenols is 1. The van der Waals surface area contributed by atoms with Crippen molar-refractivity contribution in [3.63, 3.8) is 0 Å². The molecule has 2 unspecified atom stereocenters. The van der Waals surface area contributed by atoms with Crippen LogP contribution in [0.1, 0.15) is 36.8 Å². The maximum absolute atomic E-state index is 14.2. The molecule has 1 aromatic rings. The van der Waals surface area contributed by atoms with Crippen molar-refractivity contribution in [1.82, 2.24) is 9.80 Å². The first kappa shape index (κ1) is 30.1. The highest BCUT2D eigenvalue weighted by Crippen LogP contribution is 2.55. The number of benzene rings is 1. The lowest BCUT2D eigenvalue weighted by atomic mass is 9.57. The number of fused-ring (bicyclic) bond motifs is 3. The zero-order valence-electron chi connectivity index (χ0n) is 25.3. The largest absolute Gasteiger partial charge is 0.508 e. The minimum absolute atomic E-state index is 0.00273. The number of aliphatic hydroxyl groups is 3. The first-order chi connectivity index (χ1) is 20.7. The first-order valence-electron chi connectivity index (χ1n) is 14.9. The van der Waals surface area contributed by atoms with Gasteiger partial charge >= 0.3 is 0 Å². The van der Waals surface area contributed by atoms with Crippen LogP contribution in [0, 0.1) is 11.8 Å². The van der Waals surface area contributed by atoms with E-state index in [0.29, 0.717) is 30.4 Å². The van der Waals surface area contributed by atoms with E-state index in [2.05, 4.69) is 4.90 Å². The number of hydrogen-bond donors (Lipinski definition) is 5. The molecular weight excluding hydrogens is 570 g/mol. The quantitative estimate of drug-likeness (QED) is 0.288. The first-order valence-corrected chi connectivity index (χ1v) is 14.9. The zero-order valence-corrected chi connectivity index (χ0v) is 25.3. The van der Waals surface area contributed by atoms with Gasteiger partial charge in [-0.2, -0.15) is 0 Å². The molecule has 44 heavy (non-hydrogen) atoms. The van der Waals surface area contributed by atoms with Crippen molar-refractivity contribution in [3.05, 3.63) is 34.1 Å². The van der Waals surface area contributed by atoms with Gasteiger partial charge in [0.1, 0.15) is 17.1 Å². The Balaban J connectivity index is 1.48. The zero-order chi connectivity index (χ0) is 32.0. The van der Waals surface area contributed by atoms with Crippen LogP contribution in [0.15, 0.2) is 23.0 Å². The number of aromatic hydroxyl groups is 1. The molecule has 4 aliphatic carbocycles. The lowest BCUT2D eigenvalue weighted by molar-refractivity contribution is -0.153. The summed E-state index contributed by atoms with van der Waals surface area (Å²) >= 11 is 0. The number of carbonyl (C=O) groups is 4. The summed E-state index contributed by atoms with van der Waals surface area (Å²) in [5.41, 5.74) is 2.95. The number of anilines is 2. The number of ketones is 2. The maximum atomic E-state index is 14.2. The van der Waals surface area contributed by atoms with Crippen molar-refractivity contribution in [2.75, 3.05) is 57.6 Å². The number of primary amides is 1. The van der Waals surface area contributed by atoms with Crippen molar-refractivity contribution in [2.45, 2.75) is 49.8 Å². The molecule has 0 spiro atoms. The van der Waals surface area contributed by atoms with E-state index in [1.807, 2.05) is 0 Å². The van der Waals surface area contributed by atoms with E-state index in [1.54, 1.807) is 39.2 Å². The molecule has 0 aromatic heterocycles. The van der Waals surface area contributed by atoms with Gasteiger partial charge in [-0.05, 0) is 57.3 Å². The summed E-state index contributed by atoms with van der Waals surface area (Å²) in [6.45, 7) is 1.18. The summed E-state index contributed by atoms with van der Waals surface area (Å²) in [6, 6.07) is 0.947. The summed E-state index contributed by atoms with van der Waals surface area (Å²) in [5.74, 6) is -7.26. The van der Waals surface area contributed by atoms with Gasteiger partial charge in [-0.25, -0.2) is 0 Å². The molecule has 1 heterocycles. The van der Waals surface area contributed by atoms with E-state index in [-0.39, 0.29) is 47.9 Å². The average molecular weight is 610 g/mol. The summed E-state index contributed by atoms with van der Waals surface area (Å²) in [5, 5.41) is 46.3. The van der Waals surface area contributed by atoms with Crippen LogP contribution >= 0.6 is 0 Å². The van der Waals surface area contributed by atoms with Crippen molar-refractivity contribution in [2.24, 2.45) is 17.6 Å². The van der Waals surface area contributed by atoms with Gasteiger partial charge < -0.3 is 36.0 Å². The Bertz CT molecular complexity index is 1560. The van der Waals surface area contributed by atoms with Gasteiger partial charge in [-0.1, -0.05) is 6.42 Å². The van der Waals surface area contributed by atoms with Crippen molar-refractivity contribution < 1.29 is 39.6 Å². The van der Waals surface area contributed by atoms with Crippen molar-refractivity contribution in [3.8, 4) is 5.75 Å². The highest BCUT2D eigenvalue weighted by molar-refractivity contribution is 6.24. The van der Waals surface area contributed by atoms with Gasteiger partial charge in [0.2, 0.25) is 11.7 Å². The Labute approximate surface area is 254 Å². The summed E-state index contributed by atoms with van der Waals surface area (Å²) in [6.07, 6.45) is 3.42. The molecule has 2 amide bonds. The second kappa shape index (κ2) is 10.3. The normalized spacial score (nSPS) is 29.5. The number of piperazine rings is 1. The van der Waals surface area contributed by atoms with E-state index >= 15 is 0 Å². The fourth-order valence-electron chi connectivity index (χ4n) is 7.89. The van der Waals surface area contributed by atoms with E-state index in [4.69, 9.17) is 5.73 Å². The molecule has 4 atom stereocenters. The van der Waals surface area contributed by atoms with Gasteiger partial charge in [-0.3, -0.25) is 29.0 Å². The number of likely N-dealkylation sites (N-methyl/N-ethyl adjacent to an activating group) is 1. The van der Waals surface area contributed by atoms with Crippen LogP contribution in [-0.2, 0) is 25.6 Å². The second-order valence-electron chi connectivity index (χ2n) is 13.1. The molecule has 0 bridgehead atoms. The average Bonchev–Trinajstić information content (AvgIpc) is 2.90. The van der Waals surface area contributed by atoms with Crippen LogP contribution in [0.2, 0.25) is 0 Å². The number of nitrogens with zero attached hydrogens (tertiary/aromatic N) is 4. The number of phenolic OH excluding ortho intramolecular Hbond substituents is 1. The van der Waals surface area contributed by atoms with Crippen molar-refractivity contribution in [1.29, 1.82) is 0 Å².